The van der Waals surface area contributed by atoms with Crippen LogP contribution in [-0.2, 0) is 0 Å². The Morgan fingerprint density at radius 2 is 2.07 bits per heavy atom. The molecule has 2 unspecified atom stereocenters. The minimum atomic E-state index is 0.841. The molecule has 1 heterocycles. The van der Waals surface area contributed by atoms with Gasteiger partial charge in [-0.2, -0.15) is 12.6 Å². The average Bonchev–Trinajstić information content (AvgIpc) is 2.66. The topological polar surface area (TPSA) is 3.24 Å². The van der Waals surface area contributed by atoms with Gasteiger partial charge < -0.3 is 0 Å². The van der Waals surface area contributed by atoms with Gasteiger partial charge in [-0.3, -0.25) is 4.90 Å². The Balaban J connectivity index is 1.93. The summed E-state index contributed by atoms with van der Waals surface area (Å²) in [5.41, 5.74) is 1.28. The first-order chi connectivity index (χ1) is 6.81. The third-order valence-corrected chi connectivity index (χ3v) is 4.21. The summed E-state index contributed by atoms with van der Waals surface area (Å²) in [4.78, 5) is 2.65. The SMILES string of the molecule is C=C(CS)CN1CCCC2CCCC21. The fourth-order valence-electron chi connectivity index (χ4n) is 3.09. The van der Waals surface area contributed by atoms with E-state index in [1.165, 1.54) is 44.2 Å². The van der Waals surface area contributed by atoms with Gasteiger partial charge >= 0.3 is 0 Å². The van der Waals surface area contributed by atoms with Crippen molar-refractivity contribution in [2.24, 2.45) is 5.92 Å². The van der Waals surface area contributed by atoms with Crippen LogP contribution in [0.1, 0.15) is 32.1 Å². The predicted molar refractivity (Wildman–Crippen MR) is 64.9 cm³/mol. The maximum atomic E-state index is 4.29. The number of thiol groups is 1. The van der Waals surface area contributed by atoms with Crippen molar-refractivity contribution in [1.82, 2.24) is 4.90 Å². The smallest absolute Gasteiger partial charge is 0.0201 e. The van der Waals surface area contributed by atoms with Crippen LogP contribution in [0.2, 0.25) is 0 Å². The Hall–Kier alpha value is 0.0500. The zero-order chi connectivity index (χ0) is 9.97. The lowest BCUT2D eigenvalue weighted by atomic mass is 9.92. The summed E-state index contributed by atoms with van der Waals surface area (Å²) in [6.45, 7) is 6.44. The molecule has 1 aliphatic carbocycles. The highest BCUT2D eigenvalue weighted by atomic mass is 32.1. The minimum Gasteiger partial charge on any atom is -0.296 e. The monoisotopic (exact) mass is 211 g/mol. The normalized spacial score (nSPS) is 32.9. The molecule has 14 heavy (non-hydrogen) atoms. The van der Waals surface area contributed by atoms with E-state index in [1.807, 2.05) is 0 Å². The average molecular weight is 211 g/mol. The van der Waals surface area contributed by atoms with E-state index < -0.39 is 0 Å². The molecule has 0 bridgehead atoms. The van der Waals surface area contributed by atoms with Crippen LogP contribution in [0.3, 0.4) is 0 Å². The number of likely N-dealkylation sites (tertiary alicyclic amines) is 1. The molecule has 1 aliphatic heterocycles. The lowest BCUT2D eigenvalue weighted by molar-refractivity contribution is 0.124. The Morgan fingerprint density at radius 1 is 1.29 bits per heavy atom. The molecule has 1 saturated heterocycles. The fourth-order valence-corrected chi connectivity index (χ4v) is 3.19. The van der Waals surface area contributed by atoms with Gasteiger partial charge in [0.1, 0.15) is 0 Å². The molecule has 2 heteroatoms. The van der Waals surface area contributed by atoms with Crippen molar-refractivity contribution in [2.75, 3.05) is 18.8 Å². The Morgan fingerprint density at radius 3 is 2.86 bits per heavy atom. The standard InChI is InChI=1S/C12H21NS/c1-10(9-14)8-13-7-3-5-11-4-2-6-12(11)13/h11-12,14H,1-9H2. The number of hydrogen-bond donors (Lipinski definition) is 1. The van der Waals surface area contributed by atoms with Crippen LogP contribution in [-0.4, -0.2) is 29.8 Å². The first kappa shape index (κ1) is 10.6. The third kappa shape index (κ3) is 2.17. The Bertz CT molecular complexity index is 214. The van der Waals surface area contributed by atoms with Crippen molar-refractivity contribution in [1.29, 1.82) is 0 Å². The third-order valence-electron chi connectivity index (χ3n) is 3.76. The summed E-state index contributed by atoms with van der Waals surface area (Å²) in [5, 5.41) is 0. The number of hydrogen-bond acceptors (Lipinski definition) is 2. The number of piperidine rings is 1. The van der Waals surface area contributed by atoms with Crippen molar-refractivity contribution in [3.05, 3.63) is 12.2 Å². The van der Waals surface area contributed by atoms with Gasteiger partial charge in [0.15, 0.2) is 0 Å². The van der Waals surface area contributed by atoms with Crippen LogP contribution in [0.15, 0.2) is 12.2 Å². The van der Waals surface area contributed by atoms with E-state index in [1.54, 1.807) is 0 Å². The maximum Gasteiger partial charge on any atom is 0.0201 e. The van der Waals surface area contributed by atoms with Crippen LogP contribution in [0.5, 0.6) is 0 Å². The molecule has 2 fully saturated rings. The van der Waals surface area contributed by atoms with Gasteiger partial charge in [0.25, 0.3) is 0 Å². The fraction of sp³-hybridized carbons (Fsp3) is 0.833. The molecule has 2 atom stereocenters. The zero-order valence-corrected chi connectivity index (χ0v) is 9.81. The van der Waals surface area contributed by atoms with Gasteiger partial charge in [0, 0.05) is 18.3 Å². The lowest BCUT2D eigenvalue weighted by Crippen LogP contribution is -2.43. The van der Waals surface area contributed by atoms with Crippen molar-refractivity contribution in [3.63, 3.8) is 0 Å². The highest BCUT2D eigenvalue weighted by Crippen LogP contribution is 2.36. The van der Waals surface area contributed by atoms with Crippen LogP contribution in [0.4, 0.5) is 0 Å². The van der Waals surface area contributed by atoms with E-state index in [4.69, 9.17) is 0 Å². The van der Waals surface area contributed by atoms with Crippen LogP contribution in [0.25, 0.3) is 0 Å². The molecule has 0 aromatic heterocycles. The molecule has 0 amide bonds. The number of nitrogens with zero attached hydrogens (tertiary/aromatic N) is 1. The maximum absolute atomic E-state index is 4.29. The summed E-state index contributed by atoms with van der Waals surface area (Å²) >= 11 is 4.29. The molecule has 2 aliphatic rings. The quantitative estimate of drug-likeness (QED) is 0.555. The van der Waals surface area contributed by atoms with Gasteiger partial charge in [0.05, 0.1) is 0 Å². The van der Waals surface area contributed by atoms with E-state index in [-0.39, 0.29) is 0 Å². The van der Waals surface area contributed by atoms with Crippen molar-refractivity contribution in [3.8, 4) is 0 Å². The molecule has 1 nitrogen and oxygen atoms in total. The molecule has 1 saturated carbocycles. The van der Waals surface area contributed by atoms with E-state index >= 15 is 0 Å². The number of rotatable bonds is 3. The molecule has 0 radical (unpaired) electrons. The van der Waals surface area contributed by atoms with E-state index in [9.17, 15) is 0 Å². The molecule has 0 aromatic carbocycles. The van der Waals surface area contributed by atoms with Gasteiger partial charge in [-0.1, -0.05) is 18.6 Å². The Kier molecular flexibility index (Phi) is 3.56. The van der Waals surface area contributed by atoms with E-state index in [0.717, 1.165) is 24.3 Å². The second-order valence-electron chi connectivity index (χ2n) is 4.78. The van der Waals surface area contributed by atoms with Crippen LogP contribution >= 0.6 is 12.6 Å². The molecular formula is C12H21NS. The lowest BCUT2D eigenvalue weighted by Gasteiger charge is -2.38. The van der Waals surface area contributed by atoms with Crippen molar-refractivity contribution >= 4 is 12.6 Å². The summed E-state index contributed by atoms with van der Waals surface area (Å²) in [6.07, 6.45) is 7.19. The molecule has 80 valence electrons. The van der Waals surface area contributed by atoms with Crippen molar-refractivity contribution < 1.29 is 0 Å². The van der Waals surface area contributed by atoms with Gasteiger partial charge in [-0.15, -0.1) is 0 Å². The highest BCUT2D eigenvalue weighted by molar-refractivity contribution is 7.80. The molecular weight excluding hydrogens is 190 g/mol. The predicted octanol–water partition coefficient (Wildman–Crippen LogP) is 2.74. The first-order valence-electron chi connectivity index (χ1n) is 5.83. The first-order valence-corrected chi connectivity index (χ1v) is 6.46. The number of fused-ring (bicyclic) bond motifs is 1. The van der Waals surface area contributed by atoms with Crippen molar-refractivity contribution in [2.45, 2.75) is 38.1 Å². The zero-order valence-electron chi connectivity index (χ0n) is 8.91. The summed E-state index contributed by atoms with van der Waals surface area (Å²) in [6, 6.07) is 0.875. The molecule has 0 N–H and O–H groups in total. The van der Waals surface area contributed by atoms with Gasteiger partial charge in [-0.05, 0) is 38.1 Å². The van der Waals surface area contributed by atoms with Gasteiger partial charge in [-0.25, -0.2) is 0 Å². The van der Waals surface area contributed by atoms with E-state index in [0.29, 0.717) is 0 Å². The second kappa shape index (κ2) is 4.71. The van der Waals surface area contributed by atoms with Crippen LogP contribution < -0.4 is 0 Å². The Labute approximate surface area is 93.0 Å². The van der Waals surface area contributed by atoms with Gasteiger partial charge in [0.2, 0.25) is 0 Å². The highest BCUT2D eigenvalue weighted by Gasteiger charge is 2.34. The minimum absolute atomic E-state index is 0.841. The largest absolute Gasteiger partial charge is 0.296 e. The summed E-state index contributed by atoms with van der Waals surface area (Å²) in [5.74, 6) is 1.84. The molecule has 0 aromatic rings. The summed E-state index contributed by atoms with van der Waals surface area (Å²) in [7, 11) is 0. The second-order valence-corrected chi connectivity index (χ2v) is 5.10. The van der Waals surface area contributed by atoms with Crippen LogP contribution in [0, 0.1) is 5.92 Å². The molecule has 0 spiro atoms. The van der Waals surface area contributed by atoms with E-state index in [2.05, 4.69) is 24.1 Å². The molecule has 2 rings (SSSR count). The summed E-state index contributed by atoms with van der Waals surface area (Å²) < 4.78 is 0.